The maximum absolute atomic E-state index is 9.33. The summed E-state index contributed by atoms with van der Waals surface area (Å²) in [6, 6.07) is 12.4. The molecule has 0 radical (unpaired) electrons. The van der Waals surface area contributed by atoms with Gasteiger partial charge in [0.25, 0.3) is 0 Å². The van der Waals surface area contributed by atoms with Crippen molar-refractivity contribution in [3.8, 4) is 11.1 Å². The highest BCUT2D eigenvalue weighted by Crippen LogP contribution is 2.26. The van der Waals surface area contributed by atoms with Crippen LogP contribution in [0.3, 0.4) is 0 Å². The number of aliphatic hydroxyl groups excluding tert-OH is 2. The Morgan fingerprint density at radius 3 is 1.35 bits per heavy atom. The lowest BCUT2D eigenvalue weighted by Gasteiger charge is -2.11. The molecule has 0 fully saturated rings. The van der Waals surface area contributed by atoms with E-state index < -0.39 is 0 Å². The van der Waals surface area contributed by atoms with E-state index in [4.69, 9.17) is 0 Å². The molecule has 0 unspecified atom stereocenters. The largest absolute Gasteiger partial charge is 0.392 e. The molecule has 0 amide bonds. The molecule has 2 aromatic rings. The maximum atomic E-state index is 9.33. The molecule has 0 heterocycles. The molecule has 0 aliphatic carbocycles. The minimum absolute atomic E-state index is 0.0904. The molecule has 20 heavy (non-hydrogen) atoms. The van der Waals surface area contributed by atoms with Gasteiger partial charge in [0, 0.05) is 0 Å². The first kappa shape index (κ1) is 14.8. The summed E-state index contributed by atoms with van der Waals surface area (Å²) in [7, 11) is 0. The van der Waals surface area contributed by atoms with Crippen molar-refractivity contribution in [2.24, 2.45) is 0 Å². The summed E-state index contributed by atoms with van der Waals surface area (Å²) in [5, 5.41) is 18.7. The average molecular weight is 270 g/mol. The van der Waals surface area contributed by atoms with Crippen LogP contribution in [0.5, 0.6) is 0 Å². The molecule has 0 aliphatic rings. The number of aryl methyl sites for hydroxylation is 2. The van der Waals surface area contributed by atoms with E-state index in [2.05, 4.69) is 38.1 Å². The molecule has 106 valence electrons. The SMILES string of the molecule is CCc1cc(-c2ccc(CO)c(CC)c2)ccc1CO. The Balaban J connectivity index is 2.46. The van der Waals surface area contributed by atoms with Gasteiger partial charge in [0.15, 0.2) is 0 Å². The fourth-order valence-corrected chi connectivity index (χ4v) is 2.58. The fourth-order valence-electron chi connectivity index (χ4n) is 2.58. The van der Waals surface area contributed by atoms with Crippen LogP contribution in [0.4, 0.5) is 0 Å². The molecule has 0 saturated carbocycles. The Hall–Kier alpha value is -1.64. The first-order valence-electron chi connectivity index (χ1n) is 7.19. The summed E-state index contributed by atoms with van der Waals surface area (Å²) in [5.41, 5.74) is 6.71. The summed E-state index contributed by atoms with van der Waals surface area (Å²) in [4.78, 5) is 0. The second-order valence-corrected chi connectivity index (χ2v) is 4.99. The van der Waals surface area contributed by atoms with E-state index in [-0.39, 0.29) is 13.2 Å². The summed E-state index contributed by atoms with van der Waals surface area (Å²) in [5.74, 6) is 0. The van der Waals surface area contributed by atoms with E-state index in [1.807, 2.05) is 12.1 Å². The lowest BCUT2D eigenvalue weighted by molar-refractivity contribution is 0.280. The van der Waals surface area contributed by atoms with Crippen LogP contribution in [0.1, 0.15) is 36.1 Å². The molecule has 0 aromatic heterocycles. The number of rotatable bonds is 5. The van der Waals surface area contributed by atoms with Crippen LogP contribution >= 0.6 is 0 Å². The predicted molar refractivity (Wildman–Crippen MR) is 82.5 cm³/mol. The zero-order valence-electron chi connectivity index (χ0n) is 12.2. The second-order valence-electron chi connectivity index (χ2n) is 4.99. The molecule has 2 heteroatoms. The molecule has 2 nitrogen and oxygen atoms in total. The van der Waals surface area contributed by atoms with Crippen molar-refractivity contribution in [3.63, 3.8) is 0 Å². The highest BCUT2D eigenvalue weighted by Gasteiger charge is 2.06. The first-order chi connectivity index (χ1) is 9.73. The third kappa shape index (κ3) is 2.92. The van der Waals surface area contributed by atoms with Gasteiger partial charge in [-0.3, -0.25) is 0 Å². The maximum Gasteiger partial charge on any atom is 0.0684 e. The van der Waals surface area contributed by atoms with Gasteiger partial charge in [-0.2, -0.15) is 0 Å². The van der Waals surface area contributed by atoms with Crippen LogP contribution in [0.2, 0.25) is 0 Å². The van der Waals surface area contributed by atoms with E-state index >= 15 is 0 Å². The average Bonchev–Trinajstić information content (AvgIpc) is 2.53. The molecule has 0 bridgehead atoms. The molecular weight excluding hydrogens is 248 g/mol. The van der Waals surface area contributed by atoms with E-state index in [1.165, 1.54) is 22.3 Å². The van der Waals surface area contributed by atoms with Crippen LogP contribution in [0.25, 0.3) is 11.1 Å². The van der Waals surface area contributed by atoms with Gasteiger partial charge in [-0.05, 0) is 46.2 Å². The molecule has 0 aliphatic heterocycles. The number of aliphatic hydroxyl groups is 2. The molecule has 2 N–H and O–H groups in total. The Labute approximate surface area is 120 Å². The highest BCUT2D eigenvalue weighted by molar-refractivity contribution is 5.66. The highest BCUT2D eigenvalue weighted by atomic mass is 16.3. The molecule has 0 spiro atoms. The third-order valence-corrected chi connectivity index (χ3v) is 3.85. The van der Waals surface area contributed by atoms with Gasteiger partial charge in [0.05, 0.1) is 13.2 Å². The normalized spacial score (nSPS) is 10.8. The van der Waals surface area contributed by atoms with Crippen molar-refractivity contribution in [2.75, 3.05) is 0 Å². The van der Waals surface area contributed by atoms with Crippen molar-refractivity contribution < 1.29 is 10.2 Å². The van der Waals surface area contributed by atoms with Gasteiger partial charge < -0.3 is 10.2 Å². The quantitative estimate of drug-likeness (QED) is 0.873. The van der Waals surface area contributed by atoms with Crippen LogP contribution in [0, 0.1) is 0 Å². The third-order valence-electron chi connectivity index (χ3n) is 3.85. The van der Waals surface area contributed by atoms with Crippen LogP contribution in [0.15, 0.2) is 36.4 Å². The Morgan fingerprint density at radius 2 is 1.05 bits per heavy atom. The Morgan fingerprint density at radius 1 is 0.650 bits per heavy atom. The number of hydrogen-bond donors (Lipinski definition) is 2. The van der Waals surface area contributed by atoms with Crippen molar-refractivity contribution in [1.82, 2.24) is 0 Å². The smallest absolute Gasteiger partial charge is 0.0684 e. The fraction of sp³-hybridized carbons (Fsp3) is 0.333. The van der Waals surface area contributed by atoms with Crippen molar-refractivity contribution in [2.45, 2.75) is 39.9 Å². The van der Waals surface area contributed by atoms with Gasteiger partial charge in [-0.1, -0.05) is 50.2 Å². The van der Waals surface area contributed by atoms with Gasteiger partial charge in [-0.15, -0.1) is 0 Å². The second kappa shape index (κ2) is 6.69. The summed E-state index contributed by atoms with van der Waals surface area (Å²) in [6.45, 7) is 4.38. The topological polar surface area (TPSA) is 40.5 Å². The molecule has 2 aromatic carbocycles. The Bertz CT molecular complexity index is 534. The number of hydrogen-bond acceptors (Lipinski definition) is 2. The van der Waals surface area contributed by atoms with E-state index in [0.717, 1.165) is 24.0 Å². The first-order valence-corrected chi connectivity index (χ1v) is 7.19. The Kier molecular flexibility index (Phi) is 4.94. The monoisotopic (exact) mass is 270 g/mol. The van der Waals surface area contributed by atoms with E-state index in [0.29, 0.717) is 0 Å². The predicted octanol–water partition coefficient (Wildman–Crippen LogP) is 3.46. The van der Waals surface area contributed by atoms with Gasteiger partial charge in [0.2, 0.25) is 0 Å². The molecule has 0 atom stereocenters. The minimum atomic E-state index is 0.0904. The van der Waals surface area contributed by atoms with Gasteiger partial charge >= 0.3 is 0 Å². The van der Waals surface area contributed by atoms with Gasteiger partial charge in [0.1, 0.15) is 0 Å². The van der Waals surface area contributed by atoms with Crippen LogP contribution in [-0.4, -0.2) is 10.2 Å². The zero-order valence-corrected chi connectivity index (χ0v) is 12.2. The summed E-state index contributed by atoms with van der Waals surface area (Å²) >= 11 is 0. The van der Waals surface area contributed by atoms with Crippen molar-refractivity contribution >= 4 is 0 Å². The van der Waals surface area contributed by atoms with Gasteiger partial charge in [-0.25, -0.2) is 0 Å². The molecule has 0 saturated heterocycles. The van der Waals surface area contributed by atoms with E-state index in [1.54, 1.807) is 0 Å². The zero-order chi connectivity index (χ0) is 14.5. The van der Waals surface area contributed by atoms with Crippen LogP contribution in [-0.2, 0) is 26.1 Å². The minimum Gasteiger partial charge on any atom is -0.392 e. The standard InChI is InChI=1S/C18H22O2/c1-3-13-9-15(5-7-17(13)11-19)16-6-8-18(12-20)14(4-2)10-16/h5-10,19-20H,3-4,11-12H2,1-2H3. The lowest BCUT2D eigenvalue weighted by atomic mass is 9.95. The molecular formula is C18H22O2. The summed E-state index contributed by atoms with van der Waals surface area (Å²) in [6.07, 6.45) is 1.83. The number of benzene rings is 2. The molecule has 2 rings (SSSR count). The van der Waals surface area contributed by atoms with Crippen LogP contribution < -0.4 is 0 Å². The van der Waals surface area contributed by atoms with E-state index in [9.17, 15) is 10.2 Å². The summed E-state index contributed by atoms with van der Waals surface area (Å²) < 4.78 is 0. The van der Waals surface area contributed by atoms with Crippen molar-refractivity contribution in [1.29, 1.82) is 0 Å². The van der Waals surface area contributed by atoms with Crippen molar-refractivity contribution in [3.05, 3.63) is 58.7 Å². The lowest BCUT2D eigenvalue weighted by Crippen LogP contribution is -1.95.